The summed E-state index contributed by atoms with van der Waals surface area (Å²) in [4.78, 5) is 14.7. The lowest BCUT2D eigenvalue weighted by Gasteiger charge is -2.43. The van der Waals surface area contributed by atoms with Crippen LogP contribution in [0.3, 0.4) is 0 Å². The molecule has 9 heteroatoms. The molecule has 1 saturated heterocycles. The molecular formula is C26H43ClFN3O4. The van der Waals surface area contributed by atoms with Crippen LogP contribution in [0.1, 0.15) is 57.9 Å². The topological polar surface area (TPSA) is 97.1 Å². The number of urea groups is 1. The lowest BCUT2D eigenvalue weighted by Crippen LogP contribution is -2.52. The predicted molar refractivity (Wildman–Crippen MR) is 137 cm³/mol. The minimum absolute atomic E-state index is 0.0198. The summed E-state index contributed by atoms with van der Waals surface area (Å²) in [5, 5.41) is 14.8. The Morgan fingerprint density at radius 2 is 2.09 bits per heavy atom. The van der Waals surface area contributed by atoms with Gasteiger partial charge in [0.05, 0.1) is 17.2 Å². The molecule has 1 aliphatic rings. The van der Waals surface area contributed by atoms with E-state index in [1.54, 1.807) is 31.3 Å². The molecule has 200 valence electrons. The highest BCUT2D eigenvalue weighted by atomic mass is 35.5. The summed E-state index contributed by atoms with van der Waals surface area (Å²) in [5.41, 5.74) is 4.92. The van der Waals surface area contributed by atoms with Gasteiger partial charge in [0.25, 0.3) is 0 Å². The lowest BCUT2D eigenvalue weighted by atomic mass is 9.74. The third kappa shape index (κ3) is 8.57. The van der Waals surface area contributed by atoms with Crippen LogP contribution in [0, 0.1) is 17.2 Å². The zero-order valence-corrected chi connectivity index (χ0v) is 22.4. The van der Waals surface area contributed by atoms with Crippen molar-refractivity contribution >= 4 is 17.6 Å². The second-order valence-corrected chi connectivity index (χ2v) is 10.9. The Morgan fingerprint density at radius 1 is 1.34 bits per heavy atom. The number of aliphatic hydroxyl groups is 1. The van der Waals surface area contributed by atoms with Crippen LogP contribution >= 0.6 is 11.6 Å². The minimum atomic E-state index is -1.44. The highest BCUT2D eigenvalue weighted by Gasteiger charge is 2.43. The summed E-state index contributed by atoms with van der Waals surface area (Å²) in [6.45, 7) is 6.55. The van der Waals surface area contributed by atoms with Gasteiger partial charge in [0.1, 0.15) is 5.82 Å². The molecule has 1 aromatic carbocycles. The fourth-order valence-corrected chi connectivity index (χ4v) is 5.33. The molecule has 0 bridgehead atoms. The smallest absolute Gasteiger partial charge is 0.317 e. The van der Waals surface area contributed by atoms with Gasteiger partial charge >= 0.3 is 6.03 Å². The largest absolute Gasteiger partial charge is 0.385 e. The van der Waals surface area contributed by atoms with Crippen LogP contribution in [-0.2, 0) is 15.1 Å². The molecule has 0 unspecified atom stereocenters. The van der Waals surface area contributed by atoms with Gasteiger partial charge in [-0.05, 0) is 50.0 Å². The van der Waals surface area contributed by atoms with Gasteiger partial charge in [0.15, 0.2) is 0 Å². The molecule has 1 aromatic rings. The van der Waals surface area contributed by atoms with E-state index < -0.39 is 11.4 Å². The number of benzene rings is 1. The monoisotopic (exact) mass is 515 g/mol. The number of methoxy groups -OCH3 is 2. The first kappa shape index (κ1) is 29.8. The quantitative estimate of drug-likeness (QED) is 0.340. The van der Waals surface area contributed by atoms with Crippen molar-refractivity contribution in [1.82, 2.24) is 10.2 Å². The minimum Gasteiger partial charge on any atom is -0.385 e. The number of hydrogen-bond donors (Lipinski definition) is 3. The number of halogens is 2. The van der Waals surface area contributed by atoms with E-state index in [-0.39, 0.29) is 34.0 Å². The number of nitrogens with zero attached hydrogens (tertiary/aromatic N) is 1. The summed E-state index contributed by atoms with van der Waals surface area (Å²) in [5.74, 6) is -0.929. The average Bonchev–Trinajstić information content (AvgIpc) is 2.81. The predicted octanol–water partition coefficient (Wildman–Crippen LogP) is 4.30. The fourth-order valence-electron chi connectivity index (χ4n) is 5.15. The maximum Gasteiger partial charge on any atom is 0.317 e. The maximum absolute atomic E-state index is 15.1. The van der Waals surface area contributed by atoms with E-state index in [9.17, 15) is 9.90 Å². The number of amides is 2. The van der Waals surface area contributed by atoms with E-state index in [4.69, 9.17) is 26.8 Å². The first-order valence-electron chi connectivity index (χ1n) is 12.5. The Balaban J connectivity index is 2.09. The van der Waals surface area contributed by atoms with Gasteiger partial charge in [-0.2, -0.15) is 0 Å². The molecule has 0 aromatic heterocycles. The Labute approximate surface area is 214 Å². The molecular weight excluding hydrogens is 473 g/mol. The molecule has 1 heterocycles. The normalized spacial score (nSPS) is 19.3. The number of piperidine rings is 1. The van der Waals surface area contributed by atoms with Gasteiger partial charge in [0.2, 0.25) is 0 Å². The summed E-state index contributed by atoms with van der Waals surface area (Å²) in [6.07, 6.45) is 3.86. The fraction of sp³-hybridized carbons (Fsp3) is 0.731. The number of nitrogens with one attached hydrogen (secondary N) is 1. The SMILES string of the molecule is COCCCC[C@@](O)(c1cccc(Cl)c1F)[C@@H]1CCCN(C(=O)NC[C@H](N)CC(C)(C)COC)C1. The van der Waals surface area contributed by atoms with Crippen LogP contribution in [0.2, 0.25) is 5.02 Å². The average molecular weight is 516 g/mol. The molecule has 4 N–H and O–H groups in total. The highest BCUT2D eigenvalue weighted by Crippen LogP contribution is 2.42. The van der Waals surface area contributed by atoms with Crippen LogP contribution in [0.25, 0.3) is 0 Å². The second-order valence-electron chi connectivity index (χ2n) is 10.5. The number of nitrogens with two attached hydrogens (primary N) is 1. The van der Waals surface area contributed by atoms with Crippen molar-refractivity contribution in [3.63, 3.8) is 0 Å². The van der Waals surface area contributed by atoms with E-state index in [1.165, 1.54) is 6.07 Å². The lowest BCUT2D eigenvalue weighted by molar-refractivity contribution is -0.0586. The highest BCUT2D eigenvalue weighted by molar-refractivity contribution is 6.30. The standard InChI is InChI=1S/C26H43ClFN3O4/c1-25(2,18-35-4)15-20(29)16-30-24(32)31-13-8-9-19(17-31)26(33,12-5-6-14-34-3)21-10-7-11-22(27)23(21)28/h7,10-11,19-20,33H,5-6,8-9,12-18,29H2,1-4H3,(H,30,32)/t19-,20-,26+/m1/s1. The maximum atomic E-state index is 15.1. The van der Waals surface area contributed by atoms with Crippen LogP contribution in [0.15, 0.2) is 18.2 Å². The number of rotatable bonds is 13. The molecule has 0 spiro atoms. The van der Waals surface area contributed by atoms with Gasteiger partial charge in [-0.15, -0.1) is 0 Å². The molecule has 7 nitrogen and oxygen atoms in total. The van der Waals surface area contributed by atoms with Crippen molar-refractivity contribution in [3.8, 4) is 0 Å². The molecule has 3 atom stereocenters. The summed E-state index contributed by atoms with van der Waals surface area (Å²) >= 11 is 6.06. The molecule has 1 fully saturated rings. The summed E-state index contributed by atoms with van der Waals surface area (Å²) in [6, 6.07) is 4.30. The van der Waals surface area contributed by atoms with Gasteiger partial charge in [0, 0.05) is 58.0 Å². The van der Waals surface area contributed by atoms with Gasteiger partial charge in [-0.3, -0.25) is 0 Å². The van der Waals surface area contributed by atoms with Crippen molar-refractivity contribution in [1.29, 1.82) is 0 Å². The molecule has 35 heavy (non-hydrogen) atoms. The van der Waals surface area contributed by atoms with Gasteiger partial charge in [-0.1, -0.05) is 37.6 Å². The zero-order valence-electron chi connectivity index (χ0n) is 21.6. The van der Waals surface area contributed by atoms with Gasteiger partial charge < -0.3 is 30.5 Å². The van der Waals surface area contributed by atoms with Crippen LogP contribution in [-0.4, -0.2) is 69.1 Å². The molecule has 2 rings (SSSR count). The zero-order chi connectivity index (χ0) is 26.1. The van der Waals surface area contributed by atoms with E-state index in [1.807, 2.05) is 0 Å². The van der Waals surface area contributed by atoms with Gasteiger partial charge in [-0.25, -0.2) is 9.18 Å². The van der Waals surface area contributed by atoms with E-state index in [0.717, 1.165) is 6.42 Å². The number of unbranched alkanes of at least 4 members (excludes halogenated alkanes) is 1. The van der Waals surface area contributed by atoms with Crippen LogP contribution in [0.4, 0.5) is 9.18 Å². The Hall–Kier alpha value is -1.45. The van der Waals surface area contributed by atoms with E-state index in [0.29, 0.717) is 65.0 Å². The molecule has 0 aliphatic carbocycles. The summed E-state index contributed by atoms with van der Waals surface area (Å²) < 4.78 is 25.4. The second kappa shape index (κ2) is 13.7. The van der Waals surface area contributed by atoms with Crippen LogP contribution < -0.4 is 11.1 Å². The van der Waals surface area contributed by atoms with Crippen molar-refractivity contribution in [2.75, 3.05) is 47.1 Å². The number of carbonyl (C=O) groups is 1. The third-order valence-electron chi connectivity index (χ3n) is 6.82. The Kier molecular flexibility index (Phi) is 11.7. The van der Waals surface area contributed by atoms with Crippen molar-refractivity contribution in [2.45, 2.75) is 64.0 Å². The van der Waals surface area contributed by atoms with Crippen LogP contribution in [0.5, 0.6) is 0 Å². The molecule has 0 saturated carbocycles. The number of carbonyl (C=O) groups excluding carboxylic acids is 1. The van der Waals surface area contributed by atoms with Crippen molar-refractivity contribution < 1.29 is 23.8 Å². The first-order chi connectivity index (χ1) is 16.5. The first-order valence-corrected chi connectivity index (χ1v) is 12.8. The number of likely N-dealkylation sites (tertiary alicyclic amines) is 1. The Bertz CT molecular complexity index is 813. The Morgan fingerprint density at radius 3 is 2.77 bits per heavy atom. The van der Waals surface area contributed by atoms with Crippen molar-refractivity contribution in [3.05, 3.63) is 34.6 Å². The molecule has 1 aliphatic heterocycles. The molecule has 0 radical (unpaired) electrons. The van der Waals surface area contributed by atoms with E-state index in [2.05, 4.69) is 19.2 Å². The number of hydrogen-bond acceptors (Lipinski definition) is 5. The van der Waals surface area contributed by atoms with Crippen molar-refractivity contribution in [2.24, 2.45) is 17.1 Å². The summed E-state index contributed by atoms with van der Waals surface area (Å²) in [7, 11) is 3.29. The third-order valence-corrected chi connectivity index (χ3v) is 7.12. The number of ether oxygens (including phenoxy) is 2. The van der Waals surface area contributed by atoms with E-state index >= 15 is 4.39 Å². The molecule has 2 amide bonds.